The van der Waals surface area contributed by atoms with Gasteiger partial charge in [0.15, 0.2) is 11.2 Å². The molecule has 0 saturated carbocycles. The molecule has 4 aromatic rings. The third-order valence-electron chi connectivity index (χ3n) is 6.16. The normalized spacial score (nSPS) is 11.4. The first kappa shape index (κ1) is 27.8. The van der Waals surface area contributed by atoms with Gasteiger partial charge in [0, 0.05) is 29.8 Å². The summed E-state index contributed by atoms with van der Waals surface area (Å²) in [4.78, 5) is 18.2. The zero-order valence-electron chi connectivity index (χ0n) is 22.2. The fourth-order valence-corrected chi connectivity index (χ4v) is 4.86. The highest BCUT2D eigenvalue weighted by Gasteiger charge is 2.18. The summed E-state index contributed by atoms with van der Waals surface area (Å²) in [5.41, 5.74) is 5.43. The molecule has 1 heterocycles. The SMILES string of the molecule is CCS(=O)(=O)Nc1ccc(Oc2c(C)cc(F)cc2C)c(-n2cc(C)c(=O)c3ccc(C(=N)ONC)cc32)c1. The highest BCUT2D eigenvalue weighted by atomic mass is 32.2. The molecule has 3 N–H and O–H groups in total. The van der Waals surface area contributed by atoms with Crippen molar-refractivity contribution in [1.29, 1.82) is 5.41 Å². The fraction of sp³-hybridized carbons (Fsp3) is 0.214. The third kappa shape index (κ3) is 5.79. The molecule has 0 aliphatic heterocycles. The van der Waals surface area contributed by atoms with Gasteiger partial charge < -0.3 is 14.1 Å². The van der Waals surface area contributed by atoms with E-state index in [4.69, 9.17) is 15.0 Å². The Balaban J connectivity index is 2.01. The average Bonchev–Trinajstić information content (AvgIpc) is 2.88. The van der Waals surface area contributed by atoms with Gasteiger partial charge in [-0.3, -0.25) is 14.9 Å². The number of rotatable bonds is 8. The van der Waals surface area contributed by atoms with Crippen LogP contribution in [0, 0.1) is 32.0 Å². The molecule has 0 amide bonds. The van der Waals surface area contributed by atoms with Gasteiger partial charge in [-0.2, -0.15) is 5.48 Å². The van der Waals surface area contributed by atoms with E-state index < -0.39 is 10.0 Å². The van der Waals surface area contributed by atoms with E-state index in [1.54, 1.807) is 67.9 Å². The number of nitrogens with one attached hydrogen (secondary N) is 3. The molecule has 4 rings (SSSR count). The predicted molar refractivity (Wildman–Crippen MR) is 150 cm³/mol. The second-order valence-corrected chi connectivity index (χ2v) is 11.0. The number of hydroxylamine groups is 1. The molecule has 0 radical (unpaired) electrons. The van der Waals surface area contributed by atoms with Gasteiger partial charge in [-0.25, -0.2) is 12.8 Å². The highest BCUT2D eigenvalue weighted by molar-refractivity contribution is 7.92. The third-order valence-corrected chi connectivity index (χ3v) is 7.46. The van der Waals surface area contributed by atoms with Gasteiger partial charge >= 0.3 is 0 Å². The number of fused-ring (bicyclic) bond motifs is 1. The summed E-state index contributed by atoms with van der Waals surface area (Å²) in [6.07, 6.45) is 1.63. The van der Waals surface area contributed by atoms with Crippen LogP contribution in [0.4, 0.5) is 10.1 Å². The predicted octanol–water partition coefficient (Wildman–Crippen LogP) is 5.09. The van der Waals surface area contributed by atoms with E-state index in [0.717, 1.165) is 0 Å². The standard InChI is InChI=1S/C28H29FN4O5S/c1-6-39(35,36)32-21-8-10-25(37-27-16(2)11-20(29)12-17(27)3)24(14-21)33-15-18(4)26(34)22-9-7-19(13-23(22)33)28(30)38-31-5/h7-15,30-32H,6H2,1-5H3. The van der Waals surface area contributed by atoms with E-state index in [1.165, 1.54) is 26.1 Å². The molecule has 0 saturated heterocycles. The second-order valence-electron chi connectivity index (χ2n) is 9.04. The number of benzene rings is 3. The summed E-state index contributed by atoms with van der Waals surface area (Å²) in [5.74, 6) is 0.126. The molecule has 204 valence electrons. The van der Waals surface area contributed by atoms with Gasteiger partial charge in [0.25, 0.3) is 0 Å². The molecular formula is C28H29FN4O5S. The van der Waals surface area contributed by atoms with Crippen LogP contribution in [0.5, 0.6) is 11.5 Å². The lowest BCUT2D eigenvalue weighted by atomic mass is 10.1. The first-order valence-corrected chi connectivity index (χ1v) is 13.8. The topological polar surface area (TPSA) is 123 Å². The Kier molecular flexibility index (Phi) is 7.75. The van der Waals surface area contributed by atoms with E-state index in [9.17, 15) is 17.6 Å². The van der Waals surface area contributed by atoms with Crippen LogP contribution in [0.3, 0.4) is 0 Å². The van der Waals surface area contributed by atoms with Gasteiger partial charge in [0.1, 0.15) is 11.6 Å². The number of ether oxygens (including phenoxy) is 1. The van der Waals surface area contributed by atoms with E-state index in [0.29, 0.717) is 56.0 Å². The minimum absolute atomic E-state index is 0.119. The van der Waals surface area contributed by atoms with Crippen molar-refractivity contribution in [1.82, 2.24) is 10.0 Å². The summed E-state index contributed by atoms with van der Waals surface area (Å²) in [6.45, 7) is 6.67. The van der Waals surface area contributed by atoms with Crippen LogP contribution in [0.15, 0.2) is 59.5 Å². The smallest absolute Gasteiger partial charge is 0.237 e. The number of pyridine rings is 1. The fourth-order valence-electron chi connectivity index (χ4n) is 4.23. The maximum Gasteiger partial charge on any atom is 0.237 e. The van der Waals surface area contributed by atoms with Gasteiger partial charge in [0.05, 0.1) is 22.6 Å². The van der Waals surface area contributed by atoms with Crippen molar-refractivity contribution in [3.05, 3.63) is 93.0 Å². The number of anilines is 1. The van der Waals surface area contributed by atoms with E-state index in [-0.39, 0.29) is 22.9 Å². The maximum atomic E-state index is 14.0. The number of sulfonamides is 1. The Morgan fingerprint density at radius 2 is 1.72 bits per heavy atom. The Morgan fingerprint density at radius 1 is 1.03 bits per heavy atom. The molecule has 0 fully saturated rings. The van der Waals surface area contributed by atoms with Crippen molar-refractivity contribution in [3.63, 3.8) is 0 Å². The molecule has 1 aromatic heterocycles. The van der Waals surface area contributed by atoms with Crippen molar-refractivity contribution in [2.75, 3.05) is 17.5 Å². The maximum absolute atomic E-state index is 14.0. The van der Waals surface area contributed by atoms with Crippen molar-refractivity contribution in [2.45, 2.75) is 27.7 Å². The highest BCUT2D eigenvalue weighted by Crippen LogP contribution is 2.36. The van der Waals surface area contributed by atoms with Crippen LogP contribution in [-0.2, 0) is 14.9 Å². The Morgan fingerprint density at radius 3 is 2.36 bits per heavy atom. The molecular weight excluding hydrogens is 523 g/mol. The van der Waals surface area contributed by atoms with E-state index in [2.05, 4.69) is 10.2 Å². The summed E-state index contributed by atoms with van der Waals surface area (Å²) < 4.78 is 49.2. The number of aromatic nitrogens is 1. The molecule has 0 atom stereocenters. The van der Waals surface area contributed by atoms with Gasteiger partial charge in [-0.1, -0.05) is 0 Å². The molecule has 11 heteroatoms. The first-order chi connectivity index (χ1) is 18.4. The van der Waals surface area contributed by atoms with Crippen molar-refractivity contribution in [2.24, 2.45) is 0 Å². The number of nitrogens with zero attached hydrogens (tertiary/aromatic N) is 1. The Labute approximate surface area is 225 Å². The van der Waals surface area contributed by atoms with Gasteiger partial charge in [-0.15, -0.1) is 0 Å². The lowest BCUT2D eigenvalue weighted by molar-refractivity contribution is 0.208. The van der Waals surface area contributed by atoms with Crippen LogP contribution in [0.25, 0.3) is 16.6 Å². The molecule has 39 heavy (non-hydrogen) atoms. The van der Waals surface area contributed by atoms with Crippen molar-refractivity contribution < 1.29 is 22.4 Å². The van der Waals surface area contributed by atoms with E-state index >= 15 is 0 Å². The minimum Gasteiger partial charge on any atom is -0.455 e. The largest absolute Gasteiger partial charge is 0.455 e. The van der Waals surface area contributed by atoms with Gasteiger partial charge in [0.2, 0.25) is 15.9 Å². The summed E-state index contributed by atoms with van der Waals surface area (Å²) in [7, 11) is -2.06. The first-order valence-electron chi connectivity index (χ1n) is 12.1. The molecule has 0 spiro atoms. The number of hydrogen-bond donors (Lipinski definition) is 3. The quantitative estimate of drug-likeness (QED) is 0.159. The van der Waals surface area contributed by atoms with E-state index in [1.807, 2.05) is 0 Å². The Hall–Kier alpha value is -4.22. The number of hydrogen-bond acceptors (Lipinski definition) is 7. The average molecular weight is 553 g/mol. The van der Waals surface area contributed by atoms with Crippen LogP contribution in [0.1, 0.15) is 29.2 Å². The van der Waals surface area contributed by atoms with Crippen molar-refractivity contribution >= 4 is 32.5 Å². The lowest BCUT2D eigenvalue weighted by Crippen LogP contribution is -2.17. The van der Waals surface area contributed by atoms with Gasteiger partial charge in [-0.05, 0) is 87.4 Å². The molecule has 0 unspecified atom stereocenters. The minimum atomic E-state index is -3.59. The van der Waals surface area contributed by atoms with Crippen LogP contribution in [0.2, 0.25) is 0 Å². The monoisotopic (exact) mass is 552 g/mol. The molecule has 9 nitrogen and oxygen atoms in total. The zero-order valence-corrected chi connectivity index (χ0v) is 23.0. The van der Waals surface area contributed by atoms with Crippen molar-refractivity contribution in [3.8, 4) is 17.2 Å². The van der Waals surface area contributed by atoms with Crippen LogP contribution in [-0.4, -0.2) is 31.7 Å². The summed E-state index contributed by atoms with van der Waals surface area (Å²) >= 11 is 0. The Bertz CT molecular complexity index is 1740. The summed E-state index contributed by atoms with van der Waals surface area (Å²) in [6, 6.07) is 12.4. The number of aryl methyl sites for hydroxylation is 3. The summed E-state index contributed by atoms with van der Waals surface area (Å²) in [5, 5.41) is 8.57. The molecule has 0 aliphatic carbocycles. The van der Waals surface area contributed by atoms with Crippen LogP contribution >= 0.6 is 0 Å². The number of halogens is 1. The molecule has 3 aromatic carbocycles. The second kappa shape index (κ2) is 10.9. The lowest BCUT2D eigenvalue weighted by Gasteiger charge is -2.20. The zero-order chi connectivity index (χ0) is 28.5. The molecule has 0 aliphatic rings. The van der Waals surface area contributed by atoms with Crippen LogP contribution < -0.4 is 20.4 Å². The molecule has 0 bridgehead atoms.